The van der Waals surface area contributed by atoms with Crippen molar-refractivity contribution in [2.24, 2.45) is 5.92 Å². The van der Waals surface area contributed by atoms with Crippen molar-refractivity contribution < 1.29 is 9.59 Å². The van der Waals surface area contributed by atoms with Gasteiger partial charge in [-0.25, -0.2) is 0 Å². The fraction of sp³-hybridized carbons (Fsp3) is 0.529. The summed E-state index contributed by atoms with van der Waals surface area (Å²) in [5.74, 6) is 0.177. The molecule has 0 spiro atoms. The van der Waals surface area contributed by atoms with Gasteiger partial charge in [-0.15, -0.1) is 0 Å². The highest BCUT2D eigenvalue weighted by molar-refractivity contribution is 6.12. The normalized spacial score (nSPS) is 23.9. The zero-order valence-corrected chi connectivity index (χ0v) is 13.1. The number of rotatable bonds is 5. The minimum Gasteiger partial charge on any atom is -0.337 e. The molecule has 1 aromatic carbocycles. The fourth-order valence-corrected chi connectivity index (χ4v) is 2.90. The minimum atomic E-state index is -1.08. The van der Waals surface area contributed by atoms with Crippen LogP contribution in [0, 0.1) is 5.92 Å². The molecule has 0 bridgehead atoms. The maximum atomic E-state index is 13.0. The summed E-state index contributed by atoms with van der Waals surface area (Å²) < 4.78 is 0. The van der Waals surface area contributed by atoms with Crippen molar-refractivity contribution >= 4 is 11.8 Å². The Morgan fingerprint density at radius 3 is 2.48 bits per heavy atom. The number of nitrogens with one attached hydrogen (secondary N) is 1. The smallest absolute Gasteiger partial charge is 0.244 e. The molecule has 4 heteroatoms. The van der Waals surface area contributed by atoms with E-state index in [9.17, 15) is 9.59 Å². The molecule has 0 aliphatic carbocycles. The summed E-state index contributed by atoms with van der Waals surface area (Å²) in [5.41, 5.74) is -0.295. The van der Waals surface area contributed by atoms with E-state index in [1.165, 1.54) is 0 Å². The first-order chi connectivity index (χ1) is 10.1. The Balaban J connectivity index is 2.38. The summed E-state index contributed by atoms with van der Waals surface area (Å²) in [4.78, 5) is 27.3. The second kappa shape index (κ2) is 6.29. The van der Waals surface area contributed by atoms with Crippen molar-refractivity contribution in [3.63, 3.8) is 0 Å². The van der Waals surface area contributed by atoms with Crippen LogP contribution in [0.3, 0.4) is 0 Å². The fourth-order valence-electron chi connectivity index (χ4n) is 2.90. The second-order valence-corrected chi connectivity index (χ2v) is 5.83. The molecule has 2 rings (SSSR count). The number of nitrogens with zero attached hydrogens (tertiary/aromatic N) is 1. The number of hydrogen-bond acceptors (Lipinski definition) is 2. The Kier molecular flexibility index (Phi) is 4.66. The summed E-state index contributed by atoms with van der Waals surface area (Å²) in [6.45, 7) is 7.14. The second-order valence-electron chi connectivity index (χ2n) is 5.83. The Morgan fingerprint density at radius 2 is 1.90 bits per heavy atom. The molecule has 1 fully saturated rings. The largest absolute Gasteiger partial charge is 0.337 e. The van der Waals surface area contributed by atoms with Gasteiger partial charge >= 0.3 is 0 Å². The number of carbonyl (C=O) groups excluding carboxylic acids is 2. The summed E-state index contributed by atoms with van der Waals surface area (Å²) >= 11 is 0. The molecule has 1 heterocycles. The van der Waals surface area contributed by atoms with E-state index in [1.807, 2.05) is 37.3 Å². The first-order valence-corrected chi connectivity index (χ1v) is 7.69. The van der Waals surface area contributed by atoms with E-state index in [-0.39, 0.29) is 11.8 Å². The predicted molar refractivity (Wildman–Crippen MR) is 82.6 cm³/mol. The Morgan fingerprint density at radius 1 is 1.24 bits per heavy atom. The molecule has 0 aromatic heterocycles. The van der Waals surface area contributed by atoms with E-state index in [0.29, 0.717) is 25.6 Å². The lowest BCUT2D eigenvalue weighted by Crippen LogP contribution is -2.64. The summed E-state index contributed by atoms with van der Waals surface area (Å²) in [6.07, 6.45) is 1.49. The molecule has 0 radical (unpaired) electrons. The van der Waals surface area contributed by atoms with Gasteiger partial charge in [-0.05, 0) is 17.9 Å². The summed E-state index contributed by atoms with van der Waals surface area (Å²) in [5, 5.41) is 2.90. The molecule has 4 nitrogen and oxygen atoms in total. The average Bonchev–Trinajstić information content (AvgIpc) is 2.52. The van der Waals surface area contributed by atoms with Gasteiger partial charge in [0.25, 0.3) is 0 Å². The standard InChI is InChI=1S/C17H24N2O2/c1-4-13(3)11-19-12-18-15(20)17(5-2,16(19)21)14-9-7-6-8-10-14/h6-10,13H,4-5,11-12H2,1-3H3,(H,18,20). The third-order valence-electron chi connectivity index (χ3n) is 4.50. The zero-order chi connectivity index (χ0) is 15.5. The molecule has 2 amide bonds. The maximum Gasteiger partial charge on any atom is 0.244 e. The molecule has 1 aliphatic heterocycles. The van der Waals surface area contributed by atoms with Gasteiger partial charge in [-0.2, -0.15) is 0 Å². The van der Waals surface area contributed by atoms with E-state index >= 15 is 0 Å². The van der Waals surface area contributed by atoms with E-state index < -0.39 is 5.41 Å². The maximum absolute atomic E-state index is 13.0. The number of carbonyl (C=O) groups is 2. The van der Waals surface area contributed by atoms with Gasteiger partial charge in [-0.3, -0.25) is 9.59 Å². The molecule has 2 unspecified atom stereocenters. The number of benzene rings is 1. The van der Waals surface area contributed by atoms with Gasteiger partial charge in [0.2, 0.25) is 11.8 Å². The number of amides is 2. The van der Waals surface area contributed by atoms with Gasteiger partial charge in [0.1, 0.15) is 0 Å². The van der Waals surface area contributed by atoms with Crippen LogP contribution in [0.5, 0.6) is 0 Å². The average molecular weight is 288 g/mol. The van der Waals surface area contributed by atoms with Gasteiger partial charge in [0.15, 0.2) is 5.41 Å². The minimum absolute atomic E-state index is 0.0692. The van der Waals surface area contributed by atoms with Gasteiger partial charge in [0.05, 0.1) is 6.67 Å². The lowest BCUT2D eigenvalue weighted by Gasteiger charge is -2.41. The SMILES string of the molecule is CCC(C)CN1CNC(=O)C(CC)(c2ccccc2)C1=O. The number of hydrogen-bond donors (Lipinski definition) is 1. The predicted octanol–water partition coefficient (Wildman–Crippen LogP) is 2.30. The van der Waals surface area contributed by atoms with Gasteiger partial charge in [0, 0.05) is 6.54 Å². The third-order valence-corrected chi connectivity index (χ3v) is 4.50. The quantitative estimate of drug-likeness (QED) is 0.845. The van der Waals surface area contributed by atoms with E-state index in [2.05, 4.69) is 19.2 Å². The van der Waals surface area contributed by atoms with E-state index in [4.69, 9.17) is 0 Å². The van der Waals surface area contributed by atoms with Crippen molar-refractivity contribution in [1.29, 1.82) is 0 Å². The monoisotopic (exact) mass is 288 g/mol. The summed E-state index contributed by atoms with van der Waals surface area (Å²) in [7, 11) is 0. The third kappa shape index (κ3) is 2.67. The van der Waals surface area contributed by atoms with Crippen molar-refractivity contribution in [2.75, 3.05) is 13.2 Å². The summed E-state index contributed by atoms with van der Waals surface area (Å²) in [6, 6.07) is 9.39. The molecule has 1 aromatic rings. The molecule has 1 aliphatic rings. The van der Waals surface area contributed by atoms with Crippen molar-refractivity contribution in [1.82, 2.24) is 10.2 Å². The highest BCUT2D eigenvalue weighted by Crippen LogP contribution is 2.33. The first-order valence-electron chi connectivity index (χ1n) is 7.69. The lowest BCUT2D eigenvalue weighted by molar-refractivity contribution is -0.151. The lowest BCUT2D eigenvalue weighted by atomic mass is 9.74. The van der Waals surface area contributed by atoms with Gasteiger partial charge in [-0.1, -0.05) is 57.5 Å². The molecule has 2 atom stereocenters. The van der Waals surface area contributed by atoms with Crippen molar-refractivity contribution in [3.8, 4) is 0 Å². The van der Waals surface area contributed by atoms with Crippen LogP contribution in [0.25, 0.3) is 0 Å². The molecular weight excluding hydrogens is 264 g/mol. The Hall–Kier alpha value is -1.84. The molecule has 1 saturated heterocycles. The Labute approximate surface area is 126 Å². The highest BCUT2D eigenvalue weighted by Gasteiger charge is 2.50. The van der Waals surface area contributed by atoms with Crippen LogP contribution < -0.4 is 5.32 Å². The van der Waals surface area contributed by atoms with E-state index in [1.54, 1.807) is 4.90 Å². The molecule has 114 valence electrons. The molecule has 0 saturated carbocycles. The highest BCUT2D eigenvalue weighted by atomic mass is 16.2. The van der Waals surface area contributed by atoms with Gasteiger partial charge < -0.3 is 10.2 Å². The molecule has 1 N–H and O–H groups in total. The van der Waals surface area contributed by atoms with Crippen LogP contribution in [-0.4, -0.2) is 29.9 Å². The van der Waals surface area contributed by atoms with Crippen molar-refractivity contribution in [2.45, 2.75) is 39.0 Å². The van der Waals surface area contributed by atoms with Crippen molar-refractivity contribution in [3.05, 3.63) is 35.9 Å². The van der Waals surface area contributed by atoms with Crippen LogP contribution in [0.4, 0.5) is 0 Å². The van der Waals surface area contributed by atoms with Crippen LogP contribution in [0.2, 0.25) is 0 Å². The molecular formula is C17H24N2O2. The van der Waals surface area contributed by atoms with Crippen LogP contribution in [0.15, 0.2) is 30.3 Å². The van der Waals surface area contributed by atoms with Crippen LogP contribution in [0.1, 0.15) is 39.2 Å². The van der Waals surface area contributed by atoms with Crippen LogP contribution >= 0.6 is 0 Å². The topological polar surface area (TPSA) is 49.4 Å². The van der Waals surface area contributed by atoms with E-state index in [0.717, 1.165) is 12.0 Å². The first kappa shape index (κ1) is 15.5. The Bertz CT molecular complexity index is 515. The van der Waals surface area contributed by atoms with Crippen LogP contribution in [-0.2, 0) is 15.0 Å². The zero-order valence-electron chi connectivity index (χ0n) is 13.1. The molecule has 21 heavy (non-hydrogen) atoms.